The van der Waals surface area contributed by atoms with E-state index in [2.05, 4.69) is 11.1 Å². The van der Waals surface area contributed by atoms with Gasteiger partial charge in [-0.2, -0.15) is 5.26 Å². The number of aryl methyl sites for hydroxylation is 1. The molecule has 0 fully saturated rings. The number of halogens is 1. The zero-order valence-electron chi connectivity index (χ0n) is 16.2. The highest BCUT2D eigenvalue weighted by molar-refractivity contribution is 6.32. The van der Waals surface area contributed by atoms with Crippen LogP contribution in [0.1, 0.15) is 31.7 Å². The second kappa shape index (κ2) is 8.81. The lowest BCUT2D eigenvalue weighted by Crippen LogP contribution is -2.01. The van der Waals surface area contributed by atoms with Crippen LogP contribution in [0.25, 0.3) is 22.7 Å². The Bertz CT molecular complexity index is 1060. The summed E-state index contributed by atoms with van der Waals surface area (Å²) >= 11 is 6.44. The van der Waals surface area contributed by atoms with Gasteiger partial charge in [-0.05, 0) is 49.2 Å². The maximum absolute atomic E-state index is 9.74. The summed E-state index contributed by atoms with van der Waals surface area (Å²) < 4.78 is 13.4. The molecule has 1 heterocycles. The van der Waals surface area contributed by atoms with Crippen LogP contribution < -0.4 is 9.47 Å². The van der Waals surface area contributed by atoms with Crippen molar-refractivity contribution < 1.29 is 9.47 Å². The highest BCUT2D eigenvalue weighted by Gasteiger charge is 2.15. The Balaban J connectivity index is 2.07. The normalized spacial score (nSPS) is 11.5. The molecule has 28 heavy (non-hydrogen) atoms. The molecule has 3 rings (SSSR count). The highest BCUT2D eigenvalue weighted by Crippen LogP contribution is 2.38. The summed E-state index contributed by atoms with van der Waals surface area (Å²) in [6.07, 6.45) is 2.63. The number of aromatic nitrogens is 2. The number of allylic oxidation sites excluding steroid dienone is 1. The van der Waals surface area contributed by atoms with Crippen LogP contribution >= 0.6 is 11.6 Å². The van der Waals surface area contributed by atoms with Crippen molar-refractivity contribution >= 4 is 34.3 Å². The number of hydrogen-bond donors (Lipinski definition) is 0. The standard InChI is InChI=1S/C22H22ClN3O2/c1-4-10-28-21-17(23)12-15(13-20(21)27-5-2)11-16(14-24)22-25-18-8-6-7-9-19(18)26(22)3/h6-9,11-13H,4-5,10H2,1-3H3/b16-11-. The maximum Gasteiger partial charge on any atom is 0.179 e. The average Bonchev–Trinajstić information content (AvgIpc) is 3.02. The Morgan fingerprint density at radius 3 is 2.71 bits per heavy atom. The van der Waals surface area contributed by atoms with Gasteiger partial charge in [0.15, 0.2) is 17.3 Å². The van der Waals surface area contributed by atoms with Crippen LogP contribution in [0.4, 0.5) is 0 Å². The Morgan fingerprint density at radius 2 is 2.04 bits per heavy atom. The summed E-state index contributed by atoms with van der Waals surface area (Å²) in [4.78, 5) is 4.60. The summed E-state index contributed by atoms with van der Waals surface area (Å²) in [5.41, 5.74) is 3.01. The minimum Gasteiger partial charge on any atom is -0.490 e. The van der Waals surface area contributed by atoms with Crippen LogP contribution in [0.3, 0.4) is 0 Å². The lowest BCUT2D eigenvalue weighted by molar-refractivity contribution is 0.277. The fraction of sp³-hybridized carbons (Fsp3) is 0.273. The minimum atomic E-state index is 0.444. The van der Waals surface area contributed by atoms with Gasteiger partial charge in [0.1, 0.15) is 6.07 Å². The molecule has 2 aromatic carbocycles. The van der Waals surface area contributed by atoms with E-state index in [4.69, 9.17) is 21.1 Å². The number of fused-ring (bicyclic) bond motifs is 1. The van der Waals surface area contributed by atoms with Crippen LogP contribution in [-0.2, 0) is 7.05 Å². The van der Waals surface area contributed by atoms with Gasteiger partial charge in [0.25, 0.3) is 0 Å². The average molecular weight is 396 g/mol. The van der Waals surface area contributed by atoms with Gasteiger partial charge in [0.2, 0.25) is 0 Å². The lowest BCUT2D eigenvalue weighted by Gasteiger charge is -2.14. The van der Waals surface area contributed by atoms with E-state index in [9.17, 15) is 5.26 Å². The van der Waals surface area contributed by atoms with Crippen molar-refractivity contribution in [3.63, 3.8) is 0 Å². The number of ether oxygens (including phenoxy) is 2. The molecule has 0 saturated heterocycles. The Hall–Kier alpha value is -2.97. The molecule has 5 nitrogen and oxygen atoms in total. The first-order valence-electron chi connectivity index (χ1n) is 9.21. The monoisotopic (exact) mass is 395 g/mol. The van der Waals surface area contributed by atoms with Gasteiger partial charge in [-0.15, -0.1) is 0 Å². The van der Waals surface area contributed by atoms with Crippen molar-refractivity contribution in [1.82, 2.24) is 9.55 Å². The summed E-state index contributed by atoms with van der Waals surface area (Å²) in [7, 11) is 1.90. The molecule has 0 aliphatic heterocycles. The molecule has 0 amide bonds. The summed E-state index contributed by atoms with van der Waals surface area (Å²) in [6, 6.07) is 13.6. The molecule has 3 aromatic rings. The molecule has 0 bridgehead atoms. The van der Waals surface area contributed by atoms with Crippen LogP contribution in [0.2, 0.25) is 5.02 Å². The number of hydrogen-bond acceptors (Lipinski definition) is 4. The van der Waals surface area contributed by atoms with E-state index in [1.807, 2.05) is 55.8 Å². The van der Waals surface area contributed by atoms with Gasteiger partial charge in [-0.3, -0.25) is 0 Å². The van der Waals surface area contributed by atoms with E-state index >= 15 is 0 Å². The second-order valence-electron chi connectivity index (χ2n) is 6.26. The van der Waals surface area contributed by atoms with E-state index in [1.165, 1.54) is 0 Å². The maximum atomic E-state index is 9.74. The van der Waals surface area contributed by atoms with Crippen LogP contribution in [-0.4, -0.2) is 22.8 Å². The number of benzene rings is 2. The Morgan fingerprint density at radius 1 is 1.25 bits per heavy atom. The third-order valence-electron chi connectivity index (χ3n) is 4.24. The van der Waals surface area contributed by atoms with Crippen LogP contribution in [0.15, 0.2) is 36.4 Å². The highest BCUT2D eigenvalue weighted by atomic mass is 35.5. The van der Waals surface area contributed by atoms with E-state index < -0.39 is 0 Å². The molecule has 0 radical (unpaired) electrons. The molecular weight excluding hydrogens is 374 g/mol. The lowest BCUT2D eigenvalue weighted by atomic mass is 10.1. The summed E-state index contributed by atoms with van der Waals surface area (Å²) in [5, 5.41) is 10.2. The number of para-hydroxylation sites is 2. The van der Waals surface area contributed by atoms with Crippen molar-refractivity contribution in [2.24, 2.45) is 7.05 Å². The third kappa shape index (κ3) is 3.97. The van der Waals surface area contributed by atoms with Gasteiger partial charge in [-0.25, -0.2) is 4.98 Å². The van der Waals surface area contributed by atoms with E-state index in [1.54, 1.807) is 12.1 Å². The zero-order chi connectivity index (χ0) is 20.1. The quantitative estimate of drug-likeness (QED) is 0.497. The van der Waals surface area contributed by atoms with Gasteiger partial charge < -0.3 is 14.0 Å². The van der Waals surface area contributed by atoms with E-state index in [0.717, 1.165) is 23.0 Å². The largest absolute Gasteiger partial charge is 0.490 e. The topological polar surface area (TPSA) is 60.1 Å². The first-order valence-corrected chi connectivity index (χ1v) is 9.59. The summed E-state index contributed by atoms with van der Waals surface area (Å²) in [5.74, 6) is 1.70. The first kappa shape index (κ1) is 19.8. The molecule has 0 saturated carbocycles. The number of nitriles is 1. The fourth-order valence-electron chi connectivity index (χ4n) is 2.98. The first-order chi connectivity index (χ1) is 13.6. The van der Waals surface area contributed by atoms with Crippen molar-refractivity contribution in [2.75, 3.05) is 13.2 Å². The molecule has 1 aromatic heterocycles. The van der Waals surface area contributed by atoms with Crippen molar-refractivity contribution in [2.45, 2.75) is 20.3 Å². The molecule has 0 unspecified atom stereocenters. The SMILES string of the molecule is CCCOc1c(Cl)cc(/C=C(/C#N)c2nc3ccccc3n2C)cc1OCC. The van der Waals surface area contributed by atoms with E-state index in [0.29, 0.717) is 41.1 Å². The van der Waals surface area contributed by atoms with Crippen LogP contribution in [0, 0.1) is 11.3 Å². The third-order valence-corrected chi connectivity index (χ3v) is 4.52. The predicted octanol–water partition coefficient (Wildman–Crippen LogP) is 5.48. The molecule has 0 spiro atoms. The van der Waals surface area contributed by atoms with Crippen LogP contribution in [0.5, 0.6) is 11.5 Å². The number of nitrogens with zero attached hydrogens (tertiary/aromatic N) is 3. The molecule has 0 N–H and O–H groups in total. The Kier molecular flexibility index (Phi) is 6.23. The summed E-state index contributed by atoms with van der Waals surface area (Å²) in [6.45, 7) is 4.97. The van der Waals surface area contributed by atoms with E-state index in [-0.39, 0.29) is 0 Å². The minimum absolute atomic E-state index is 0.444. The fourth-order valence-corrected chi connectivity index (χ4v) is 3.25. The molecular formula is C22H22ClN3O2. The van der Waals surface area contributed by atoms with Gasteiger partial charge >= 0.3 is 0 Å². The molecule has 0 aliphatic carbocycles. The smallest absolute Gasteiger partial charge is 0.179 e. The predicted molar refractivity (Wildman–Crippen MR) is 113 cm³/mol. The van der Waals surface area contributed by atoms with Gasteiger partial charge in [-0.1, -0.05) is 30.7 Å². The molecule has 0 aliphatic rings. The zero-order valence-corrected chi connectivity index (χ0v) is 17.0. The number of imidazole rings is 1. The second-order valence-corrected chi connectivity index (χ2v) is 6.67. The molecule has 0 atom stereocenters. The molecule has 144 valence electrons. The number of rotatable bonds is 7. The van der Waals surface area contributed by atoms with Gasteiger partial charge in [0.05, 0.1) is 34.8 Å². The Labute approximate surface area is 169 Å². The molecule has 6 heteroatoms. The van der Waals surface area contributed by atoms with Crippen molar-refractivity contribution in [3.05, 3.63) is 52.8 Å². The van der Waals surface area contributed by atoms with Crippen molar-refractivity contribution in [1.29, 1.82) is 5.26 Å². The van der Waals surface area contributed by atoms with Crippen molar-refractivity contribution in [3.8, 4) is 17.6 Å². The van der Waals surface area contributed by atoms with Gasteiger partial charge in [0, 0.05) is 7.05 Å².